The zero-order valence-corrected chi connectivity index (χ0v) is 13.4. The summed E-state index contributed by atoms with van der Waals surface area (Å²) in [7, 11) is 0. The van der Waals surface area contributed by atoms with E-state index in [1.807, 2.05) is 6.07 Å². The maximum atomic E-state index is 11.8. The minimum Gasteiger partial charge on any atom is -0.477 e. The first-order valence-electron chi connectivity index (χ1n) is 7.30. The summed E-state index contributed by atoms with van der Waals surface area (Å²) in [6.45, 7) is 5.11. The van der Waals surface area contributed by atoms with Crippen molar-refractivity contribution in [3.8, 4) is 0 Å². The second kappa shape index (κ2) is 5.91. The summed E-state index contributed by atoms with van der Waals surface area (Å²) in [5.41, 5.74) is 5.22. The lowest BCUT2D eigenvalue weighted by Crippen LogP contribution is -2.34. The first kappa shape index (κ1) is 16.8. The number of nitrogen functional groups attached to an aromatic ring is 1. The van der Waals surface area contributed by atoms with Crippen molar-refractivity contribution in [1.82, 2.24) is 10.3 Å². The molecule has 7 nitrogen and oxygen atoms in total. The molecule has 1 aliphatic carbocycles. The first-order chi connectivity index (χ1) is 10.6. The number of carboxylic acids is 1. The maximum Gasteiger partial charge on any atom is 0.412 e. The van der Waals surface area contributed by atoms with E-state index in [2.05, 4.69) is 10.3 Å². The highest BCUT2D eigenvalue weighted by Gasteiger charge is 2.45. The number of ether oxygens (including phenoxy) is 1. The Labute approximate surface area is 134 Å². The molecule has 0 atom stereocenters. The molecule has 0 unspecified atom stereocenters. The number of carbonyl (C=O) groups excluding carboxylic acids is 1. The molecule has 1 aliphatic rings. The van der Waals surface area contributed by atoms with Gasteiger partial charge in [-0.2, -0.15) is 0 Å². The Morgan fingerprint density at radius 3 is 2.57 bits per heavy atom. The Bertz CT molecular complexity index is 658. The molecule has 1 fully saturated rings. The fourth-order valence-electron chi connectivity index (χ4n) is 2.31. The molecule has 1 aromatic rings. The van der Waals surface area contributed by atoms with Gasteiger partial charge >= 0.3 is 12.1 Å². The number of alkyl carbamates (subject to hydrolysis) is 1. The van der Waals surface area contributed by atoms with Crippen molar-refractivity contribution in [1.29, 1.82) is 0 Å². The van der Waals surface area contributed by atoms with Gasteiger partial charge in [0.15, 0.2) is 0 Å². The molecule has 4 N–H and O–H groups in total. The van der Waals surface area contributed by atoms with Crippen molar-refractivity contribution < 1.29 is 19.4 Å². The molecule has 0 aliphatic heterocycles. The molecule has 1 saturated carbocycles. The predicted octanol–water partition coefficient (Wildman–Crippen LogP) is 2.19. The Morgan fingerprint density at radius 1 is 1.43 bits per heavy atom. The molecule has 0 radical (unpaired) electrons. The van der Waals surface area contributed by atoms with Crippen LogP contribution in [-0.2, 0) is 14.9 Å². The number of aliphatic carboxylic acids is 1. The summed E-state index contributed by atoms with van der Waals surface area (Å²) in [6, 6.07) is 3.57. The predicted molar refractivity (Wildman–Crippen MR) is 84.6 cm³/mol. The van der Waals surface area contributed by atoms with Gasteiger partial charge in [0.1, 0.15) is 17.1 Å². The van der Waals surface area contributed by atoms with E-state index in [1.165, 1.54) is 6.08 Å². The number of carboxylic acid groups (broad SMARTS) is 1. The van der Waals surface area contributed by atoms with E-state index in [0.29, 0.717) is 5.82 Å². The molecule has 0 bridgehead atoms. The van der Waals surface area contributed by atoms with Gasteiger partial charge in [0.05, 0.1) is 0 Å². The second-order valence-electron chi connectivity index (χ2n) is 6.58. The van der Waals surface area contributed by atoms with E-state index in [0.717, 1.165) is 18.4 Å². The van der Waals surface area contributed by atoms with Crippen LogP contribution in [0.1, 0.15) is 39.2 Å². The monoisotopic (exact) mass is 319 g/mol. The van der Waals surface area contributed by atoms with Crippen LogP contribution in [-0.4, -0.2) is 27.8 Å². The molecule has 2 rings (SSSR count). The van der Waals surface area contributed by atoms with Crippen LogP contribution in [0.5, 0.6) is 0 Å². The molecule has 0 aromatic carbocycles. The van der Waals surface area contributed by atoms with Crippen LogP contribution in [0.4, 0.5) is 10.6 Å². The van der Waals surface area contributed by atoms with Crippen molar-refractivity contribution in [2.45, 2.75) is 44.6 Å². The Kier molecular flexibility index (Phi) is 4.31. The fourth-order valence-corrected chi connectivity index (χ4v) is 2.31. The van der Waals surface area contributed by atoms with Crippen LogP contribution < -0.4 is 11.1 Å². The topological polar surface area (TPSA) is 115 Å². The summed E-state index contributed by atoms with van der Waals surface area (Å²) in [4.78, 5) is 27.3. The number of aromatic nitrogens is 1. The average molecular weight is 319 g/mol. The lowest BCUT2D eigenvalue weighted by atomic mass is 9.95. The van der Waals surface area contributed by atoms with Gasteiger partial charge in [0.25, 0.3) is 0 Å². The van der Waals surface area contributed by atoms with Gasteiger partial charge in [-0.3, -0.25) is 5.32 Å². The number of nitrogens with one attached hydrogen (secondary N) is 1. The van der Waals surface area contributed by atoms with E-state index in [4.69, 9.17) is 10.5 Å². The van der Waals surface area contributed by atoms with E-state index in [1.54, 1.807) is 33.0 Å². The smallest absolute Gasteiger partial charge is 0.412 e. The summed E-state index contributed by atoms with van der Waals surface area (Å²) in [5, 5.41) is 11.6. The van der Waals surface area contributed by atoms with Crippen molar-refractivity contribution in [3.63, 3.8) is 0 Å². The van der Waals surface area contributed by atoms with E-state index in [-0.39, 0.29) is 5.70 Å². The minimum atomic E-state index is -1.23. The highest BCUT2D eigenvalue weighted by atomic mass is 16.6. The SMILES string of the molecule is CC(C)(C)OC(=O)N/C(=C\C1(c2cccnc2N)CC1)C(=O)O. The van der Waals surface area contributed by atoms with Gasteiger partial charge in [0, 0.05) is 17.2 Å². The number of pyridine rings is 1. The lowest BCUT2D eigenvalue weighted by molar-refractivity contribution is -0.133. The number of allylic oxidation sites excluding steroid dienone is 1. The normalized spacial score (nSPS) is 16.6. The number of carbonyl (C=O) groups is 2. The number of amides is 1. The van der Waals surface area contributed by atoms with Gasteiger partial charge in [-0.05, 0) is 45.8 Å². The summed E-state index contributed by atoms with van der Waals surface area (Å²) < 4.78 is 5.09. The number of anilines is 1. The third kappa shape index (κ3) is 4.21. The fraction of sp³-hybridized carbons (Fsp3) is 0.438. The molecule has 1 aromatic heterocycles. The van der Waals surface area contributed by atoms with Crippen LogP contribution in [0.25, 0.3) is 0 Å². The highest BCUT2D eigenvalue weighted by Crippen LogP contribution is 2.51. The molecule has 0 spiro atoms. The zero-order valence-electron chi connectivity index (χ0n) is 13.4. The van der Waals surface area contributed by atoms with Crippen molar-refractivity contribution in [2.24, 2.45) is 0 Å². The van der Waals surface area contributed by atoms with Gasteiger partial charge in [-0.1, -0.05) is 6.07 Å². The van der Waals surface area contributed by atoms with Crippen LogP contribution in [0.2, 0.25) is 0 Å². The van der Waals surface area contributed by atoms with Gasteiger partial charge < -0.3 is 15.6 Å². The van der Waals surface area contributed by atoms with Gasteiger partial charge in [0.2, 0.25) is 0 Å². The van der Waals surface area contributed by atoms with Gasteiger partial charge in [-0.25, -0.2) is 14.6 Å². The van der Waals surface area contributed by atoms with E-state index >= 15 is 0 Å². The second-order valence-corrected chi connectivity index (χ2v) is 6.58. The maximum absolute atomic E-state index is 11.8. The largest absolute Gasteiger partial charge is 0.477 e. The number of nitrogens with zero attached hydrogens (tertiary/aromatic N) is 1. The van der Waals surface area contributed by atoms with Crippen molar-refractivity contribution >= 4 is 17.9 Å². The quantitative estimate of drug-likeness (QED) is 0.733. The molecular weight excluding hydrogens is 298 g/mol. The highest BCUT2D eigenvalue weighted by molar-refractivity contribution is 5.91. The lowest BCUT2D eigenvalue weighted by Gasteiger charge is -2.20. The third-order valence-corrected chi connectivity index (χ3v) is 3.45. The summed E-state index contributed by atoms with van der Waals surface area (Å²) in [6.07, 6.45) is 3.79. The first-order valence-corrected chi connectivity index (χ1v) is 7.30. The number of hydrogen-bond acceptors (Lipinski definition) is 5. The van der Waals surface area contributed by atoms with Crippen LogP contribution in [0.3, 0.4) is 0 Å². The molecule has 1 heterocycles. The van der Waals surface area contributed by atoms with Crippen molar-refractivity contribution in [3.05, 3.63) is 35.7 Å². The van der Waals surface area contributed by atoms with Gasteiger partial charge in [-0.15, -0.1) is 0 Å². The van der Waals surface area contributed by atoms with Crippen LogP contribution in [0, 0.1) is 0 Å². The number of rotatable bonds is 4. The minimum absolute atomic E-state index is 0.222. The molecule has 7 heteroatoms. The summed E-state index contributed by atoms with van der Waals surface area (Å²) in [5.74, 6) is -0.868. The molecule has 124 valence electrons. The zero-order chi connectivity index (χ0) is 17.3. The Morgan fingerprint density at radius 2 is 2.09 bits per heavy atom. The average Bonchev–Trinajstić information content (AvgIpc) is 3.17. The molecule has 23 heavy (non-hydrogen) atoms. The summed E-state index contributed by atoms with van der Waals surface area (Å²) >= 11 is 0. The third-order valence-electron chi connectivity index (χ3n) is 3.45. The van der Waals surface area contributed by atoms with Crippen LogP contribution >= 0.6 is 0 Å². The number of hydrogen-bond donors (Lipinski definition) is 3. The van der Waals surface area contributed by atoms with E-state index in [9.17, 15) is 14.7 Å². The number of nitrogens with two attached hydrogens (primary N) is 1. The van der Waals surface area contributed by atoms with Crippen molar-refractivity contribution in [2.75, 3.05) is 5.73 Å². The Hall–Kier alpha value is -2.57. The molecular formula is C16H21N3O4. The molecule has 1 amide bonds. The Balaban J connectivity index is 2.24. The van der Waals surface area contributed by atoms with E-state index < -0.39 is 23.1 Å². The standard InChI is InChI=1S/C16H21N3O4/c1-15(2,3)23-14(22)19-11(13(20)21)9-16(6-7-16)10-5-4-8-18-12(10)17/h4-5,8-9H,6-7H2,1-3H3,(H2,17,18)(H,19,22)(H,20,21)/b11-9-. The molecule has 0 saturated heterocycles. The van der Waals surface area contributed by atoms with Crippen LogP contribution in [0.15, 0.2) is 30.1 Å².